The average Bonchev–Trinajstić information content (AvgIpc) is 3.09. The Hall–Kier alpha value is -3.15. The summed E-state index contributed by atoms with van der Waals surface area (Å²) in [6.07, 6.45) is 0. The normalized spacial score (nSPS) is 23.7. The minimum atomic E-state index is -2.18. The maximum absolute atomic E-state index is 13.5. The van der Waals surface area contributed by atoms with Crippen LogP contribution in [0.4, 0.5) is 5.69 Å². The van der Waals surface area contributed by atoms with Crippen LogP contribution in [0.15, 0.2) is 66.7 Å². The summed E-state index contributed by atoms with van der Waals surface area (Å²) >= 11 is 0. The van der Waals surface area contributed by atoms with Crippen molar-refractivity contribution in [3.05, 3.63) is 94.5 Å². The van der Waals surface area contributed by atoms with Crippen molar-refractivity contribution >= 4 is 11.5 Å². The molecule has 0 aromatic heterocycles. The summed E-state index contributed by atoms with van der Waals surface area (Å²) in [5.41, 5.74) is 1.27. The molecule has 1 heterocycles. The average molecular weight is 401 g/mol. The molecule has 152 valence electrons. The van der Waals surface area contributed by atoms with Gasteiger partial charge in [-0.2, -0.15) is 0 Å². The summed E-state index contributed by atoms with van der Waals surface area (Å²) in [6.45, 7) is 4.61. The van der Waals surface area contributed by atoms with Crippen molar-refractivity contribution in [2.24, 2.45) is 0 Å². The number of carbonyl (C=O) groups is 1. The standard InChI is InChI=1S/C25H23NO4/c1-15(2)17-11-12-18-21(13-17)30-25(29)19-9-6-10-20(22(19)23(27)24(18,25)28)26-14-16-7-4-3-5-8-16/h3-13,15,26,28-29H,14H2,1-2H3. The fraction of sp³-hybridized carbons (Fsp3) is 0.240. The maximum Gasteiger partial charge on any atom is 0.276 e. The first-order chi connectivity index (χ1) is 14.4. The van der Waals surface area contributed by atoms with E-state index in [2.05, 4.69) is 5.32 Å². The molecule has 5 rings (SSSR count). The molecular formula is C25H23NO4. The monoisotopic (exact) mass is 401 g/mol. The van der Waals surface area contributed by atoms with Crippen LogP contribution in [0.5, 0.6) is 5.75 Å². The second-order valence-corrected chi connectivity index (χ2v) is 8.26. The van der Waals surface area contributed by atoms with Crippen LogP contribution in [0.3, 0.4) is 0 Å². The zero-order chi connectivity index (χ0) is 21.1. The third-order valence-electron chi connectivity index (χ3n) is 6.12. The van der Waals surface area contributed by atoms with Crippen molar-refractivity contribution < 1.29 is 19.7 Å². The Morgan fingerprint density at radius 2 is 1.73 bits per heavy atom. The Kier molecular flexibility index (Phi) is 4.04. The molecule has 0 amide bonds. The third kappa shape index (κ3) is 2.39. The minimum absolute atomic E-state index is 0.250. The Bertz CT molecular complexity index is 1160. The highest BCUT2D eigenvalue weighted by Gasteiger charge is 2.70. The lowest BCUT2D eigenvalue weighted by atomic mass is 9.86. The van der Waals surface area contributed by atoms with E-state index < -0.39 is 17.2 Å². The van der Waals surface area contributed by atoms with E-state index in [9.17, 15) is 15.0 Å². The molecule has 0 saturated heterocycles. The molecule has 2 atom stereocenters. The fourth-order valence-corrected chi connectivity index (χ4v) is 4.42. The summed E-state index contributed by atoms with van der Waals surface area (Å²) in [7, 11) is 0. The largest absolute Gasteiger partial charge is 0.454 e. The molecule has 1 aliphatic carbocycles. The number of hydrogen-bond donors (Lipinski definition) is 3. The van der Waals surface area contributed by atoms with Gasteiger partial charge in [-0.05, 0) is 29.2 Å². The number of Topliss-reactive ketones (excluding diaryl/α,β-unsaturated/α-hetero) is 1. The molecule has 2 unspecified atom stereocenters. The number of ketones is 1. The minimum Gasteiger partial charge on any atom is -0.454 e. The number of benzene rings is 3. The van der Waals surface area contributed by atoms with E-state index in [1.807, 2.05) is 50.2 Å². The van der Waals surface area contributed by atoms with Crippen molar-refractivity contribution in [1.29, 1.82) is 0 Å². The van der Waals surface area contributed by atoms with Gasteiger partial charge in [0.25, 0.3) is 5.79 Å². The molecule has 0 fully saturated rings. The molecule has 3 aromatic rings. The third-order valence-corrected chi connectivity index (χ3v) is 6.12. The lowest BCUT2D eigenvalue weighted by Crippen LogP contribution is -2.48. The summed E-state index contributed by atoms with van der Waals surface area (Å²) < 4.78 is 5.88. The molecule has 3 N–H and O–H groups in total. The van der Waals surface area contributed by atoms with Gasteiger partial charge in [0.05, 0.1) is 5.56 Å². The topological polar surface area (TPSA) is 78.8 Å². The van der Waals surface area contributed by atoms with Crippen molar-refractivity contribution in [3.8, 4) is 5.75 Å². The molecule has 0 bridgehead atoms. The molecule has 2 aliphatic rings. The highest BCUT2D eigenvalue weighted by Crippen LogP contribution is 2.59. The molecule has 0 spiro atoms. The summed E-state index contributed by atoms with van der Waals surface area (Å²) in [4.78, 5) is 13.5. The zero-order valence-electron chi connectivity index (χ0n) is 16.8. The fourth-order valence-electron chi connectivity index (χ4n) is 4.42. The van der Waals surface area contributed by atoms with Gasteiger partial charge in [0, 0.05) is 23.4 Å². The highest BCUT2D eigenvalue weighted by atomic mass is 16.7. The molecule has 5 nitrogen and oxygen atoms in total. The van der Waals surface area contributed by atoms with E-state index in [-0.39, 0.29) is 17.0 Å². The summed E-state index contributed by atoms with van der Waals surface area (Å²) in [5, 5.41) is 26.2. The van der Waals surface area contributed by atoms with Gasteiger partial charge in [0.15, 0.2) is 0 Å². The zero-order valence-corrected chi connectivity index (χ0v) is 16.8. The Balaban J connectivity index is 1.57. The molecule has 30 heavy (non-hydrogen) atoms. The van der Waals surface area contributed by atoms with Crippen LogP contribution in [0.1, 0.15) is 52.4 Å². The van der Waals surface area contributed by atoms with E-state index in [4.69, 9.17) is 4.74 Å². The SMILES string of the molecule is CC(C)c1ccc2c(c1)OC1(O)c3cccc(NCc4ccccc4)c3C(=O)C21O. The number of carbonyl (C=O) groups excluding carboxylic acids is 1. The van der Waals surface area contributed by atoms with Gasteiger partial charge in [0.1, 0.15) is 5.75 Å². The van der Waals surface area contributed by atoms with Gasteiger partial charge < -0.3 is 20.3 Å². The van der Waals surface area contributed by atoms with Crippen LogP contribution in [-0.4, -0.2) is 16.0 Å². The van der Waals surface area contributed by atoms with Gasteiger partial charge in [-0.15, -0.1) is 0 Å². The smallest absolute Gasteiger partial charge is 0.276 e. The highest BCUT2D eigenvalue weighted by molar-refractivity contribution is 6.13. The number of nitrogens with one attached hydrogen (secondary N) is 1. The van der Waals surface area contributed by atoms with Crippen molar-refractivity contribution in [2.45, 2.75) is 37.7 Å². The molecule has 0 saturated carbocycles. The molecule has 3 aromatic carbocycles. The van der Waals surface area contributed by atoms with Crippen molar-refractivity contribution in [2.75, 3.05) is 5.32 Å². The summed E-state index contributed by atoms with van der Waals surface area (Å²) in [5.74, 6) is -2.12. The number of ether oxygens (including phenoxy) is 1. The van der Waals surface area contributed by atoms with E-state index >= 15 is 0 Å². The second-order valence-electron chi connectivity index (χ2n) is 8.26. The van der Waals surface area contributed by atoms with Gasteiger partial charge in [-0.1, -0.05) is 68.4 Å². The van der Waals surface area contributed by atoms with Crippen LogP contribution in [0, 0.1) is 0 Å². The molecule has 5 heteroatoms. The first-order valence-electron chi connectivity index (χ1n) is 10.1. The van der Waals surface area contributed by atoms with Gasteiger partial charge in [-0.25, -0.2) is 0 Å². The Morgan fingerprint density at radius 1 is 0.967 bits per heavy atom. The first kappa shape index (κ1) is 18.9. The number of aliphatic hydroxyl groups is 2. The number of hydrogen-bond acceptors (Lipinski definition) is 5. The first-order valence-corrected chi connectivity index (χ1v) is 10.1. The lowest BCUT2D eigenvalue weighted by molar-refractivity contribution is -0.224. The van der Waals surface area contributed by atoms with Crippen LogP contribution in [0.2, 0.25) is 0 Å². The van der Waals surface area contributed by atoms with Crippen LogP contribution in [-0.2, 0) is 17.9 Å². The second kappa shape index (κ2) is 6.42. The van der Waals surface area contributed by atoms with E-state index in [0.29, 0.717) is 23.5 Å². The maximum atomic E-state index is 13.5. The predicted molar refractivity (Wildman–Crippen MR) is 113 cm³/mol. The van der Waals surface area contributed by atoms with E-state index in [1.165, 1.54) is 0 Å². The Labute approximate surface area is 175 Å². The quantitative estimate of drug-likeness (QED) is 0.615. The molecule has 1 aliphatic heterocycles. The van der Waals surface area contributed by atoms with Crippen LogP contribution in [0.25, 0.3) is 0 Å². The van der Waals surface area contributed by atoms with Crippen molar-refractivity contribution in [1.82, 2.24) is 0 Å². The van der Waals surface area contributed by atoms with Crippen LogP contribution < -0.4 is 10.1 Å². The van der Waals surface area contributed by atoms with Gasteiger partial charge >= 0.3 is 0 Å². The lowest BCUT2D eigenvalue weighted by Gasteiger charge is -2.28. The van der Waals surface area contributed by atoms with E-state index in [1.54, 1.807) is 30.3 Å². The van der Waals surface area contributed by atoms with Gasteiger partial charge in [-0.3, -0.25) is 4.79 Å². The Morgan fingerprint density at radius 3 is 2.47 bits per heavy atom. The van der Waals surface area contributed by atoms with Crippen molar-refractivity contribution in [3.63, 3.8) is 0 Å². The number of rotatable bonds is 4. The van der Waals surface area contributed by atoms with Crippen LogP contribution >= 0.6 is 0 Å². The number of anilines is 1. The predicted octanol–water partition coefficient (Wildman–Crippen LogP) is 4.04. The molecular weight excluding hydrogens is 378 g/mol. The molecule has 0 radical (unpaired) electrons. The van der Waals surface area contributed by atoms with E-state index in [0.717, 1.165) is 11.1 Å². The number of fused-ring (bicyclic) bond motifs is 5. The summed E-state index contributed by atoms with van der Waals surface area (Å²) in [6, 6.07) is 20.3. The van der Waals surface area contributed by atoms with Gasteiger partial charge in [0.2, 0.25) is 11.4 Å².